The van der Waals surface area contributed by atoms with Gasteiger partial charge in [0.05, 0.1) is 12.2 Å². The van der Waals surface area contributed by atoms with E-state index in [0.29, 0.717) is 37.2 Å². The van der Waals surface area contributed by atoms with E-state index in [4.69, 9.17) is 21.0 Å². The number of nitrogens with zero attached hydrogens (tertiary/aromatic N) is 3. The topological polar surface area (TPSA) is 106 Å². The monoisotopic (exact) mass is 463 g/mol. The van der Waals surface area contributed by atoms with E-state index in [1.54, 1.807) is 11.0 Å². The van der Waals surface area contributed by atoms with Gasteiger partial charge in [-0.3, -0.25) is 9.69 Å². The van der Waals surface area contributed by atoms with Crippen molar-refractivity contribution in [2.75, 3.05) is 32.8 Å². The molecule has 4 N–H and O–H groups in total. The van der Waals surface area contributed by atoms with Crippen LogP contribution in [0.4, 0.5) is 4.39 Å². The smallest absolute Gasteiger partial charge is 0.256 e. The van der Waals surface area contributed by atoms with E-state index in [-0.39, 0.29) is 29.7 Å². The Balaban J connectivity index is 1.33. The summed E-state index contributed by atoms with van der Waals surface area (Å²) in [6.07, 6.45) is 4.08. The second kappa shape index (κ2) is 11.7. The number of oxime groups is 1. The first-order chi connectivity index (χ1) is 15.7. The van der Waals surface area contributed by atoms with Gasteiger partial charge < -0.3 is 25.9 Å². The highest BCUT2D eigenvalue weighted by molar-refractivity contribution is 5.95. The van der Waals surface area contributed by atoms with Crippen LogP contribution in [0.5, 0.6) is 5.75 Å². The Morgan fingerprint density at radius 3 is 2.55 bits per heavy atom. The normalized spacial score (nSPS) is 19.5. The zero-order valence-electron chi connectivity index (χ0n) is 20.0. The molecule has 1 aromatic rings. The summed E-state index contributed by atoms with van der Waals surface area (Å²) in [4.78, 5) is 21.7. The molecule has 2 aliphatic rings. The van der Waals surface area contributed by atoms with Gasteiger partial charge in [0.25, 0.3) is 5.91 Å². The third-order valence-electron chi connectivity index (χ3n) is 6.46. The lowest BCUT2D eigenvalue weighted by atomic mass is 9.92. The summed E-state index contributed by atoms with van der Waals surface area (Å²) in [6.45, 7) is 9.38. The van der Waals surface area contributed by atoms with Gasteiger partial charge in [-0.15, -0.1) is 0 Å². The quantitative estimate of drug-likeness (QED) is 0.239. The van der Waals surface area contributed by atoms with Crippen molar-refractivity contribution >= 4 is 11.7 Å². The zero-order valence-corrected chi connectivity index (χ0v) is 20.0. The molecule has 33 heavy (non-hydrogen) atoms. The van der Waals surface area contributed by atoms with E-state index in [2.05, 4.69) is 10.1 Å². The predicted molar refractivity (Wildman–Crippen MR) is 126 cm³/mol. The van der Waals surface area contributed by atoms with Gasteiger partial charge in [-0.1, -0.05) is 19.0 Å². The van der Waals surface area contributed by atoms with E-state index >= 15 is 0 Å². The molecule has 2 fully saturated rings. The average molecular weight is 464 g/mol. The standard InChI is InChI=1S/C24H38FN5O3/c1-16(2)23(27)28-33-17(3)29-10-8-18(9-11-29)5-4-12-32-20-6-7-21(22(25)13-20)24(31)30-14-19(26)15-30/h6-7,13,16-19H,4-5,8-12,14-15,26H2,1-3H3,(H2,27,28). The van der Waals surface area contributed by atoms with Crippen LogP contribution in [0.15, 0.2) is 23.4 Å². The zero-order chi connectivity index (χ0) is 24.0. The highest BCUT2D eigenvalue weighted by atomic mass is 19.1. The molecule has 0 spiro atoms. The van der Waals surface area contributed by atoms with Crippen LogP contribution in [-0.4, -0.2) is 66.6 Å². The number of carbonyl (C=O) groups is 1. The van der Waals surface area contributed by atoms with Crippen LogP contribution in [0.1, 0.15) is 56.8 Å². The molecule has 1 amide bonds. The molecule has 0 bridgehead atoms. The van der Waals surface area contributed by atoms with Crippen LogP contribution in [0.3, 0.4) is 0 Å². The Labute approximate surface area is 196 Å². The lowest BCUT2D eigenvalue weighted by Gasteiger charge is -2.36. The lowest BCUT2D eigenvalue weighted by Crippen LogP contribution is -2.57. The first-order valence-electron chi connectivity index (χ1n) is 11.9. The lowest BCUT2D eigenvalue weighted by molar-refractivity contribution is -0.0599. The van der Waals surface area contributed by atoms with Gasteiger partial charge in [0.15, 0.2) is 6.23 Å². The van der Waals surface area contributed by atoms with Crippen molar-refractivity contribution in [3.8, 4) is 5.75 Å². The number of amides is 1. The summed E-state index contributed by atoms with van der Waals surface area (Å²) < 4.78 is 20.1. The Bertz CT molecular complexity index is 820. The van der Waals surface area contributed by atoms with Crippen molar-refractivity contribution in [3.05, 3.63) is 29.6 Å². The van der Waals surface area contributed by atoms with Crippen LogP contribution < -0.4 is 16.2 Å². The van der Waals surface area contributed by atoms with Crippen molar-refractivity contribution < 1.29 is 18.8 Å². The average Bonchev–Trinajstić information content (AvgIpc) is 2.78. The van der Waals surface area contributed by atoms with Crippen molar-refractivity contribution in [3.63, 3.8) is 0 Å². The highest BCUT2D eigenvalue weighted by Crippen LogP contribution is 2.24. The SMILES string of the molecule is CC(C)/C(N)=N/OC(C)N1CCC(CCCOc2ccc(C(=O)N3CC(N)C3)c(F)c2)CC1. The van der Waals surface area contributed by atoms with E-state index in [0.717, 1.165) is 38.8 Å². The fourth-order valence-corrected chi connectivity index (χ4v) is 4.08. The first-order valence-corrected chi connectivity index (χ1v) is 11.9. The predicted octanol–water partition coefficient (Wildman–Crippen LogP) is 2.77. The number of benzene rings is 1. The molecule has 184 valence electrons. The number of hydrogen-bond acceptors (Lipinski definition) is 6. The summed E-state index contributed by atoms with van der Waals surface area (Å²) in [6, 6.07) is 4.44. The number of ether oxygens (including phenoxy) is 1. The van der Waals surface area contributed by atoms with Crippen LogP contribution in [-0.2, 0) is 4.84 Å². The third-order valence-corrected chi connectivity index (χ3v) is 6.46. The highest BCUT2D eigenvalue weighted by Gasteiger charge is 2.30. The number of rotatable bonds is 10. The minimum absolute atomic E-state index is 0.00756. The van der Waals surface area contributed by atoms with Gasteiger partial charge in [0.1, 0.15) is 17.4 Å². The maximum atomic E-state index is 14.4. The fraction of sp³-hybridized carbons (Fsp3) is 0.667. The molecule has 2 saturated heterocycles. The third kappa shape index (κ3) is 7.04. The fourth-order valence-electron chi connectivity index (χ4n) is 4.08. The maximum absolute atomic E-state index is 14.4. The maximum Gasteiger partial charge on any atom is 0.256 e. The van der Waals surface area contributed by atoms with Crippen molar-refractivity contribution in [2.24, 2.45) is 28.5 Å². The number of halogens is 1. The number of hydrogen-bond donors (Lipinski definition) is 2. The number of carbonyl (C=O) groups excluding carboxylic acids is 1. The van der Waals surface area contributed by atoms with Crippen molar-refractivity contribution in [1.82, 2.24) is 9.80 Å². The van der Waals surface area contributed by atoms with Gasteiger partial charge >= 0.3 is 0 Å². The summed E-state index contributed by atoms with van der Waals surface area (Å²) in [5.41, 5.74) is 11.6. The summed E-state index contributed by atoms with van der Waals surface area (Å²) >= 11 is 0. The second-order valence-corrected chi connectivity index (χ2v) is 9.46. The van der Waals surface area contributed by atoms with Crippen LogP contribution >= 0.6 is 0 Å². The summed E-state index contributed by atoms with van der Waals surface area (Å²) in [5.74, 6) is 0.904. The molecule has 0 radical (unpaired) electrons. The molecule has 2 aliphatic heterocycles. The molecule has 1 atom stereocenters. The Morgan fingerprint density at radius 1 is 1.24 bits per heavy atom. The minimum atomic E-state index is -0.554. The van der Waals surface area contributed by atoms with Crippen LogP contribution in [0.2, 0.25) is 0 Å². The molecule has 3 rings (SSSR count). The van der Waals surface area contributed by atoms with E-state index < -0.39 is 5.82 Å². The summed E-state index contributed by atoms with van der Waals surface area (Å²) in [7, 11) is 0. The van der Waals surface area contributed by atoms with Gasteiger partial charge in [-0.05, 0) is 50.7 Å². The molecule has 1 unspecified atom stereocenters. The molecule has 0 aromatic heterocycles. The summed E-state index contributed by atoms with van der Waals surface area (Å²) in [5, 5.41) is 4.03. The Morgan fingerprint density at radius 2 is 1.94 bits per heavy atom. The van der Waals surface area contributed by atoms with Gasteiger partial charge in [-0.2, -0.15) is 0 Å². The molecular weight excluding hydrogens is 425 g/mol. The Kier molecular flexibility index (Phi) is 8.91. The van der Waals surface area contributed by atoms with E-state index in [9.17, 15) is 9.18 Å². The number of likely N-dealkylation sites (tertiary alicyclic amines) is 2. The van der Waals surface area contributed by atoms with E-state index in [1.165, 1.54) is 12.1 Å². The number of amidine groups is 1. The molecule has 9 heteroatoms. The van der Waals surface area contributed by atoms with Crippen molar-refractivity contribution in [1.29, 1.82) is 0 Å². The second-order valence-electron chi connectivity index (χ2n) is 9.46. The largest absolute Gasteiger partial charge is 0.493 e. The molecule has 0 aliphatic carbocycles. The van der Waals surface area contributed by atoms with Crippen LogP contribution in [0, 0.1) is 17.7 Å². The van der Waals surface area contributed by atoms with Crippen molar-refractivity contribution in [2.45, 2.75) is 58.7 Å². The molecule has 8 nitrogen and oxygen atoms in total. The van der Waals surface area contributed by atoms with Crippen LogP contribution in [0.25, 0.3) is 0 Å². The molecule has 2 heterocycles. The number of piperidine rings is 1. The Hall–Kier alpha value is -2.39. The molecule has 0 saturated carbocycles. The molecule has 1 aromatic carbocycles. The number of nitrogens with two attached hydrogens (primary N) is 2. The minimum Gasteiger partial charge on any atom is -0.493 e. The first kappa shape index (κ1) is 25.2. The van der Waals surface area contributed by atoms with E-state index in [1.807, 2.05) is 20.8 Å². The van der Waals surface area contributed by atoms with Gasteiger partial charge in [0.2, 0.25) is 0 Å². The van der Waals surface area contributed by atoms with Gasteiger partial charge in [0, 0.05) is 44.2 Å². The van der Waals surface area contributed by atoms with Gasteiger partial charge in [-0.25, -0.2) is 4.39 Å². The molecular formula is C24H38FN5O3.